The molecule has 1 aromatic rings. The van der Waals surface area contributed by atoms with Gasteiger partial charge in [0.1, 0.15) is 0 Å². The molecule has 3 heterocycles. The third kappa shape index (κ3) is 1.94. The van der Waals surface area contributed by atoms with E-state index in [1.54, 1.807) is 12.4 Å². The molecule has 2 bridgehead atoms. The van der Waals surface area contributed by atoms with Crippen LogP contribution >= 0.6 is 0 Å². The molecule has 0 radical (unpaired) electrons. The van der Waals surface area contributed by atoms with Crippen LogP contribution < -0.4 is 0 Å². The molecule has 2 saturated heterocycles. The number of ketones is 1. The number of nitrogens with zero attached hydrogens (tertiary/aromatic N) is 3. The number of piperidine rings is 1. The summed E-state index contributed by atoms with van der Waals surface area (Å²) in [4.78, 5) is 18.1. The quantitative estimate of drug-likeness (QED) is 0.773. The van der Waals surface area contributed by atoms with Crippen LogP contribution in [0.25, 0.3) is 0 Å². The summed E-state index contributed by atoms with van der Waals surface area (Å²) in [6.45, 7) is 1.54. The molecule has 1 aromatic heterocycles. The maximum Gasteiger partial charge on any atom is 0.161 e. The molecule has 0 aliphatic carbocycles. The first-order valence-corrected chi connectivity index (χ1v) is 7.15. The number of pyridine rings is 1. The van der Waals surface area contributed by atoms with Crippen molar-refractivity contribution < 1.29 is 4.79 Å². The summed E-state index contributed by atoms with van der Waals surface area (Å²) >= 11 is 0. The summed E-state index contributed by atoms with van der Waals surface area (Å²) in [5.74, 6) is 0.00309. The highest BCUT2D eigenvalue weighted by molar-refractivity contribution is 5.93. The van der Waals surface area contributed by atoms with Gasteiger partial charge in [-0.25, -0.2) is 0 Å². The molecular formula is C16H19N3O. The van der Waals surface area contributed by atoms with Crippen molar-refractivity contribution in [1.29, 1.82) is 5.26 Å². The predicted octanol–water partition coefficient (Wildman–Crippen LogP) is 2.30. The Morgan fingerprint density at radius 2 is 2.05 bits per heavy atom. The molecular weight excluding hydrogens is 250 g/mol. The van der Waals surface area contributed by atoms with E-state index in [0.717, 1.165) is 18.4 Å². The van der Waals surface area contributed by atoms with Crippen LogP contribution in [0.5, 0.6) is 0 Å². The zero-order valence-electron chi connectivity index (χ0n) is 12.0. The second-order valence-electron chi connectivity index (χ2n) is 6.17. The van der Waals surface area contributed by atoms with Gasteiger partial charge in [0.05, 0.1) is 11.5 Å². The SMILES string of the molecule is CC(=O)c1cncc(C2(C#N)CC3CCC(C2)N3C)c1. The van der Waals surface area contributed by atoms with Crippen LogP contribution in [0.3, 0.4) is 0 Å². The summed E-state index contributed by atoms with van der Waals surface area (Å²) in [5.41, 5.74) is 1.04. The van der Waals surface area contributed by atoms with Gasteiger partial charge in [-0.1, -0.05) is 0 Å². The number of hydrogen-bond donors (Lipinski definition) is 0. The Morgan fingerprint density at radius 3 is 2.60 bits per heavy atom. The summed E-state index contributed by atoms with van der Waals surface area (Å²) in [6.07, 6.45) is 7.38. The topological polar surface area (TPSA) is 57.0 Å². The number of nitriles is 1. The van der Waals surface area contributed by atoms with Gasteiger partial charge in [0.15, 0.2) is 5.78 Å². The molecule has 3 rings (SSSR count). The standard InChI is InChI=1S/C16H19N3O/c1-11(20)12-5-13(9-18-8-12)16(10-17)6-14-3-4-15(7-16)19(14)2/h5,8-9,14-15H,3-4,6-7H2,1-2H3. The number of carbonyl (C=O) groups is 1. The Labute approximate surface area is 119 Å². The van der Waals surface area contributed by atoms with Gasteiger partial charge >= 0.3 is 0 Å². The van der Waals surface area contributed by atoms with E-state index in [-0.39, 0.29) is 5.78 Å². The third-order valence-corrected chi connectivity index (χ3v) is 5.06. The van der Waals surface area contributed by atoms with E-state index >= 15 is 0 Å². The monoisotopic (exact) mass is 269 g/mol. The van der Waals surface area contributed by atoms with Gasteiger partial charge in [-0.3, -0.25) is 9.78 Å². The maximum absolute atomic E-state index is 11.5. The molecule has 2 unspecified atom stereocenters. The largest absolute Gasteiger partial charge is 0.300 e. The molecule has 0 N–H and O–H groups in total. The lowest BCUT2D eigenvalue weighted by Gasteiger charge is -2.41. The van der Waals surface area contributed by atoms with E-state index in [0.29, 0.717) is 17.6 Å². The third-order valence-electron chi connectivity index (χ3n) is 5.06. The lowest BCUT2D eigenvalue weighted by Crippen LogP contribution is -2.47. The second-order valence-corrected chi connectivity index (χ2v) is 6.17. The lowest BCUT2D eigenvalue weighted by molar-refractivity contribution is 0.101. The summed E-state index contributed by atoms with van der Waals surface area (Å²) in [5, 5.41) is 9.79. The predicted molar refractivity (Wildman–Crippen MR) is 75.3 cm³/mol. The van der Waals surface area contributed by atoms with Gasteiger partial charge in [-0.2, -0.15) is 5.26 Å². The second kappa shape index (κ2) is 4.68. The normalized spacial score (nSPS) is 32.9. The zero-order chi connectivity index (χ0) is 14.3. The van der Waals surface area contributed by atoms with E-state index in [2.05, 4.69) is 23.0 Å². The number of fused-ring (bicyclic) bond motifs is 2. The highest BCUT2D eigenvalue weighted by atomic mass is 16.1. The number of rotatable bonds is 2. The van der Waals surface area contributed by atoms with Crippen molar-refractivity contribution in [3.8, 4) is 6.07 Å². The first-order chi connectivity index (χ1) is 9.55. The molecule has 2 atom stereocenters. The minimum Gasteiger partial charge on any atom is -0.300 e. The summed E-state index contributed by atoms with van der Waals surface area (Å²) in [7, 11) is 2.16. The van der Waals surface area contributed by atoms with Gasteiger partial charge in [-0.15, -0.1) is 0 Å². The zero-order valence-corrected chi connectivity index (χ0v) is 12.0. The summed E-state index contributed by atoms with van der Waals surface area (Å²) < 4.78 is 0. The van der Waals surface area contributed by atoms with E-state index in [1.807, 2.05) is 6.07 Å². The Bertz CT molecular complexity index is 576. The van der Waals surface area contributed by atoms with Crippen LogP contribution in [-0.4, -0.2) is 34.8 Å². The molecule has 4 nitrogen and oxygen atoms in total. The van der Waals surface area contributed by atoms with Crippen LogP contribution in [0, 0.1) is 11.3 Å². The number of hydrogen-bond acceptors (Lipinski definition) is 4. The first-order valence-electron chi connectivity index (χ1n) is 7.15. The Balaban J connectivity index is 2.00. The van der Waals surface area contributed by atoms with E-state index in [9.17, 15) is 10.1 Å². The van der Waals surface area contributed by atoms with Crippen molar-refractivity contribution in [1.82, 2.24) is 9.88 Å². The number of carbonyl (C=O) groups excluding carboxylic acids is 1. The number of aromatic nitrogens is 1. The van der Waals surface area contributed by atoms with Gasteiger partial charge in [-0.05, 0) is 51.3 Å². The van der Waals surface area contributed by atoms with E-state index in [1.165, 1.54) is 19.8 Å². The van der Waals surface area contributed by atoms with Crippen molar-refractivity contribution >= 4 is 5.78 Å². The Morgan fingerprint density at radius 1 is 1.40 bits per heavy atom. The van der Waals surface area contributed by atoms with Crippen LogP contribution in [0.4, 0.5) is 0 Å². The molecule has 2 aliphatic rings. The van der Waals surface area contributed by atoms with Crippen molar-refractivity contribution in [2.24, 2.45) is 0 Å². The molecule has 4 heteroatoms. The Hall–Kier alpha value is -1.73. The molecule has 0 spiro atoms. The maximum atomic E-state index is 11.5. The van der Waals surface area contributed by atoms with Crippen molar-refractivity contribution in [2.45, 2.75) is 50.1 Å². The van der Waals surface area contributed by atoms with Crippen LogP contribution in [-0.2, 0) is 5.41 Å². The summed E-state index contributed by atoms with van der Waals surface area (Å²) in [6, 6.07) is 5.37. The van der Waals surface area contributed by atoms with Gasteiger partial charge < -0.3 is 4.90 Å². The molecule has 2 aliphatic heterocycles. The molecule has 0 amide bonds. The smallest absolute Gasteiger partial charge is 0.161 e. The molecule has 104 valence electrons. The molecule has 20 heavy (non-hydrogen) atoms. The highest BCUT2D eigenvalue weighted by Gasteiger charge is 2.48. The van der Waals surface area contributed by atoms with Gasteiger partial charge in [0.25, 0.3) is 0 Å². The fourth-order valence-electron chi connectivity index (χ4n) is 3.76. The van der Waals surface area contributed by atoms with Crippen molar-refractivity contribution in [3.05, 3.63) is 29.6 Å². The average Bonchev–Trinajstić information content (AvgIpc) is 2.69. The molecule has 2 fully saturated rings. The minimum absolute atomic E-state index is 0.00309. The van der Waals surface area contributed by atoms with Crippen molar-refractivity contribution in [3.63, 3.8) is 0 Å². The van der Waals surface area contributed by atoms with Crippen LogP contribution in [0.1, 0.15) is 48.5 Å². The lowest BCUT2D eigenvalue weighted by atomic mass is 9.71. The van der Waals surface area contributed by atoms with Crippen LogP contribution in [0.2, 0.25) is 0 Å². The van der Waals surface area contributed by atoms with E-state index < -0.39 is 5.41 Å². The van der Waals surface area contributed by atoms with Gasteiger partial charge in [0.2, 0.25) is 0 Å². The number of Topliss-reactive ketones (excluding diaryl/α,β-unsaturated/α-hetero) is 1. The molecule has 0 saturated carbocycles. The minimum atomic E-state index is -0.475. The molecule has 0 aromatic carbocycles. The fraction of sp³-hybridized carbons (Fsp3) is 0.562. The van der Waals surface area contributed by atoms with Gasteiger partial charge in [0, 0.05) is 30.0 Å². The van der Waals surface area contributed by atoms with E-state index in [4.69, 9.17) is 0 Å². The average molecular weight is 269 g/mol. The Kier molecular flexibility index (Phi) is 3.10. The fourth-order valence-corrected chi connectivity index (χ4v) is 3.76. The first kappa shape index (κ1) is 13.3. The highest BCUT2D eigenvalue weighted by Crippen LogP contribution is 2.46. The van der Waals surface area contributed by atoms with Crippen molar-refractivity contribution in [2.75, 3.05) is 7.05 Å². The van der Waals surface area contributed by atoms with Crippen LogP contribution in [0.15, 0.2) is 18.5 Å².